The second-order valence-electron chi connectivity index (χ2n) is 1.79. The van der Waals surface area contributed by atoms with E-state index in [9.17, 15) is 4.79 Å². The van der Waals surface area contributed by atoms with Crippen LogP contribution in [0, 0.1) is 0 Å². The number of carboxylic acids is 1. The minimum Gasteiger partial charge on any atom is -0.480 e. The van der Waals surface area contributed by atoms with E-state index >= 15 is 0 Å². The summed E-state index contributed by atoms with van der Waals surface area (Å²) in [7, 11) is 0. The number of anilines is 1. The van der Waals surface area contributed by atoms with Crippen LogP contribution < -0.4 is 5.73 Å². The molecule has 0 fully saturated rings. The van der Waals surface area contributed by atoms with Gasteiger partial charge in [-0.2, -0.15) is 4.98 Å². The van der Waals surface area contributed by atoms with Crippen LogP contribution in [0.2, 0.25) is 0 Å². The molecule has 1 rings (SSSR count). The van der Waals surface area contributed by atoms with Gasteiger partial charge in [-0.3, -0.25) is 4.79 Å². The van der Waals surface area contributed by atoms with E-state index in [1.165, 1.54) is 0 Å². The van der Waals surface area contributed by atoms with E-state index in [0.29, 0.717) is 0 Å². The minimum atomic E-state index is -1.01. The Labute approximate surface area is 70.2 Å². The molecule has 3 N–H and O–H groups in total. The van der Waals surface area contributed by atoms with Crippen molar-refractivity contribution in [2.45, 2.75) is 6.54 Å². The molecule has 0 saturated carbocycles. The van der Waals surface area contributed by atoms with Gasteiger partial charge in [0.05, 0.1) is 0 Å². The van der Waals surface area contributed by atoms with Crippen molar-refractivity contribution in [1.29, 1.82) is 0 Å². The molecular formula is C4H5BrN4O2. The quantitative estimate of drug-likeness (QED) is 0.715. The molecule has 0 bridgehead atoms. The second kappa shape index (κ2) is 2.87. The largest absolute Gasteiger partial charge is 0.480 e. The molecule has 1 aromatic rings. The van der Waals surface area contributed by atoms with Gasteiger partial charge in [0.2, 0.25) is 10.7 Å². The van der Waals surface area contributed by atoms with Crippen LogP contribution in [0.1, 0.15) is 0 Å². The van der Waals surface area contributed by atoms with Crippen molar-refractivity contribution < 1.29 is 9.90 Å². The Kier molecular flexibility index (Phi) is 2.08. The first kappa shape index (κ1) is 7.99. The number of rotatable bonds is 2. The molecule has 0 aliphatic carbocycles. The molecule has 7 heteroatoms. The number of aliphatic carboxylic acids is 1. The number of halogens is 1. The van der Waals surface area contributed by atoms with Gasteiger partial charge >= 0.3 is 5.97 Å². The van der Waals surface area contributed by atoms with Crippen molar-refractivity contribution in [3.8, 4) is 0 Å². The molecule has 0 spiro atoms. The molecule has 0 radical (unpaired) electrons. The molecule has 0 amide bonds. The highest BCUT2D eigenvalue weighted by Crippen LogP contribution is 2.05. The average molecular weight is 221 g/mol. The highest BCUT2D eigenvalue weighted by Gasteiger charge is 2.06. The molecule has 0 atom stereocenters. The number of hydrogen-bond donors (Lipinski definition) is 2. The van der Waals surface area contributed by atoms with Gasteiger partial charge in [-0.1, -0.05) is 0 Å². The molecule has 0 aliphatic rings. The highest BCUT2D eigenvalue weighted by molar-refractivity contribution is 9.10. The molecule has 0 unspecified atom stereocenters. The molecule has 1 aromatic heterocycles. The van der Waals surface area contributed by atoms with Crippen LogP contribution in [0.5, 0.6) is 0 Å². The number of hydrogen-bond acceptors (Lipinski definition) is 4. The molecule has 11 heavy (non-hydrogen) atoms. The van der Waals surface area contributed by atoms with E-state index in [1.54, 1.807) is 0 Å². The number of nitrogens with two attached hydrogens (primary N) is 1. The van der Waals surface area contributed by atoms with Crippen molar-refractivity contribution in [2.24, 2.45) is 0 Å². The summed E-state index contributed by atoms with van der Waals surface area (Å²) in [6.45, 7) is -0.273. The predicted molar refractivity (Wildman–Crippen MR) is 39.8 cm³/mol. The van der Waals surface area contributed by atoms with E-state index in [2.05, 4.69) is 26.0 Å². The number of aromatic nitrogens is 3. The zero-order chi connectivity index (χ0) is 8.43. The Balaban J connectivity index is 2.85. The van der Waals surface area contributed by atoms with Gasteiger partial charge in [0.25, 0.3) is 0 Å². The molecule has 0 aliphatic heterocycles. The zero-order valence-corrected chi connectivity index (χ0v) is 6.95. The Morgan fingerprint density at radius 1 is 1.82 bits per heavy atom. The van der Waals surface area contributed by atoms with Crippen LogP contribution in [0.4, 0.5) is 5.95 Å². The van der Waals surface area contributed by atoms with Crippen LogP contribution in [-0.2, 0) is 11.3 Å². The van der Waals surface area contributed by atoms with Gasteiger partial charge in [0.1, 0.15) is 6.54 Å². The summed E-state index contributed by atoms with van der Waals surface area (Å²) >= 11 is 2.96. The van der Waals surface area contributed by atoms with E-state index < -0.39 is 5.97 Å². The topological polar surface area (TPSA) is 94.0 Å². The molecule has 6 nitrogen and oxygen atoms in total. The van der Waals surface area contributed by atoms with E-state index in [4.69, 9.17) is 10.8 Å². The summed E-state index contributed by atoms with van der Waals surface area (Å²) in [6.07, 6.45) is 0. The lowest BCUT2D eigenvalue weighted by molar-refractivity contribution is -0.137. The van der Waals surface area contributed by atoms with Crippen molar-refractivity contribution in [2.75, 3.05) is 5.73 Å². The van der Waals surface area contributed by atoms with E-state index in [1.807, 2.05) is 0 Å². The Hall–Kier alpha value is -1.11. The number of nitrogens with zero attached hydrogens (tertiary/aromatic N) is 3. The SMILES string of the molecule is Nc1nc(Br)nn1CC(=O)O. The molecule has 0 saturated heterocycles. The Morgan fingerprint density at radius 2 is 2.45 bits per heavy atom. The van der Waals surface area contributed by atoms with Crippen molar-refractivity contribution >= 4 is 27.8 Å². The van der Waals surface area contributed by atoms with E-state index in [-0.39, 0.29) is 17.2 Å². The van der Waals surface area contributed by atoms with Crippen molar-refractivity contribution in [3.05, 3.63) is 4.73 Å². The third-order valence-electron chi connectivity index (χ3n) is 0.960. The first-order chi connectivity index (χ1) is 5.09. The van der Waals surface area contributed by atoms with Crippen LogP contribution in [0.3, 0.4) is 0 Å². The standard InChI is InChI=1S/C4H5BrN4O2/c5-3-7-4(6)9(8-3)1-2(10)11/h1H2,(H,10,11)(H2,6,7,8). The number of carbonyl (C=O) groups is 1. The zero-order valence-electron chi connectivity index (χ0n) is 5.36. The summed E-state index contributed by atoms with van der Waals surface area (Å²) in [4.78, 5) is 13.8. The minimum absolute atomic E-state index is 0.0827. The van der Waals surface area contributed by atoms with Crippen LogP contribution in [0.25, 0.3) is 0 Å². The maximum atomic E-state index is 10.2. The summed E-state index contributed by atoms with van der Waals surface area (Å²) in [5.74, 6) is -0.923. The summed E-state index contributed by atoms with van der Waals surface area (Å²) in [6, 6.07) is 0. The van der Waals surface area contributed by atoms with E-state index in [0.717, 1.165) is 4.68 Å². The maximum Gasteiger partial charge on any atom is 0.325 e. The molecule has 0 aromatic carbocycles. The third kappa shape index (κ3) is 1.90. The first-order valence-electron chi connectivity index (χ1n) is 2.67. The van der Waals surface area contributed by atoms with Crippen LogP contribution >= 0.6 is 15.9 Å². The summed E-state index contributed by atoms with van der Waals surface area (Å²) in [5, 5.41) is 12.0. The molecule has 60 valence electrons. The monoisotopic (exact) mass is 220 g/mol. The predicted octanol–water partition coefficient (Wildman–Crippen LogP) is -0.293. The van der Waals surface area contributed by atoms with Gasteiger partial charge < -0.3 is 10.8 Å². The maximum absolute atomic E-state index is 10.2. The lowest BCUT2D eigenvalue weighted by atomic mass is 10.7. The van der Waals surface area contributed by atoms with Gasteiger partial charge in [-0.25, -0.2) is 4.68 Å². The number of nitrogen functional groups attached to an aromatic ring is 1. The van der Waals surface area contributed by atoms with Crippen LogP contribution in [-0.4, -0.2) is 25.8 Å². The number of carboxylic acid groups (broad SMARTS) is 1. The highest BCUT2D eigenvalue weighted by atomic mass is 79.9. The van der Waals surface area contributed by atoms with Crippen molar-refractivity contribution in [3.63, 3.8) is 0 Å². The third-order valence-corrected chi connectivity index (χ3v) is 1.30. The fourth-order valence-corrected chi connectivity index (χ4v) is 0.943. The lowest BCUT2D eigenvalue weighted by Crippen LogP contribution is -2.12. The van der Waals surface area contributed by atoms with Gasteiger partial charge in [-0.05, 0) is 15.9 Å². The molecule has 1 heterocycles. The van der Waals surface area contributed by atoms with Gasteiger partial charge in [-0.15, -0.1) is 5.10 Å². The van der Waals surface area contributed by atoms with Crippen LogP contribution in [0.15, 0.2) is 4.73 Å². The lowest BCUT2D eigenvalue weighted by Gasteiger charge is -1.94. The van der Waals surface area contributed by atoms with Crippen molar-refractivity contribution in [1.82, 2.24) is 14.8 Å². The average Bonchev–Trinajstić information content (AvgIpc) is 2.09. The fraction of sp³-hybridized carbons (Fsp3) is 0.250. The van der Waals surface area contributed by atoms with Gasteiger partial charge in [0, 0.05) is 0 Å². The Bertz CT molecular complexity index is 284. The summed E-state index contributed by atoms with van der Waals surface area (Å²) in [5.41, 5.74) is 5.29. The normalized spacial score (nSPS) is 9.91. The second-order valence-corrected chi connectivity index (χ2v) is 2.50. The fourth-order valence-electron chi connectivity index (χ4n) is 0.570. The molecular weight excluding hydrogens is 216 g/mol. The smallest absolute Gasteiger partial charge is 0.325 e. The van der Waals surface area contributed by atoms with Gasteiger partial charge in [0.15, 0.2) is 0 Å². The first-order valence-corrected chi connectivity index (χ1v) is 3.46. The summed E-state index contributed by atoms with van der Waals surface area (Å²) < 4.78 is 1.38. The Morgan fingerprint density at radius 3 is 2.82 bits per heavy atom.